The summed E-state index contributed by atoms with van der Waals surface area (Å²) in [6, 6.07) is 9.37. The predicted molar refractivity (Wildman–Crippen MR) is 152 cm³/mol. The third kappa shape index (κ3) is 5.01. The first-order valence-corrected chi connectivity index (χ1v) is 16.1. The molecule has 0 N–H and O–H groups in total. The highest BCUT2D eigenvalue weighted by Crippen LogP contribution is 2.69. The first-order valence-electron chi connectivity index (χ1n) is 13.5. The molecule has 2 atom stereocenters. The molecule has 4 aliphatic carbocycles. The van der Waals surface area contributed by atoms with Crippen LogP contribution in [0, 0.1) is 23.2 Å². The molecule has 0 spiro atoms. The molecule has 188 valence electrons. The molecule has 6 heteroatoms. The van der Waals surface area contributed by atoms with E-state index < -0.39 is 7.92 Å². The molecule has 0 radical (unpaired) electrons. The maximum atomic E-state index is 4.74. The molecule has 0 aliphatic heterocycles. The summed E-state index contributed by atoms with van der Waals surface area (Å²) in [4.78, 5) is 18.3. The molecule has 0 saturated heterocycles. The third-order valence-corrected chi connectivity index (χ3v) is 12.9. The van der Waals surface area contributed by atoms with Crippen molar-refractivity contribution in [1.29, 1.82) is 0 Å². The van der Waals surface area contributed by atoms with Crippen LogP contribution in [0.25, 0.3) is 0 Å². The van der Waals surface area contributed by atoms with Gasteiger partial charge in [-0.25, -0.2) is 0 Å². The Kier molecular flexibility index (Phi) is 6.72. The number of rotatable bonds is 7. The lowest BCUT2D eigenvalue weighted by Crippen LogP contribution is -2.48. The lowest BCUT2D eigenvalue weighted by molar-refractivity contribution is -0.0548. The Hall–Kier alpha value is -1.76. The summed E-state index contributed by atoms with van der Waals surface area (Å²) in [7, 11) is 0.151. The highest BCUT2D eigenvalue weighted by molar-refractivity contribution is 7.71. The Morgan fingerprint density at radius 1 is 0.861 bits per heavy atom. The van der Waals surface area contributed by atoms with Gasteiger partial charge < -0.3 is 0 Å². The van der Waals surface area contributed by atoms with Gasteiger partial charge in [0.25, 0.3) is 0 Å². The van der Waals surface area contributed by atoms with E-state index in [9.17, 15) is 0 Å². The number of hydrogen-bond donors (Lipinski definition) is 0. The van der Waals surface area contributed by atoms with E-state index in [4.69, 9.17) is 9.97 Å². The second-order valence-corrected chi connectivity index (χ2v) is 17.0. The van der Waals surface area contributed by atoms with Crippen molar-refractivity contribution in [3.8, 4) is 0 Å². The number of aromatic nitrogens is 4. The Morgan fingerprint density at radius 2 is 1.42 bits per heavy atom. The molecule has 36 heavy (non-hydrogen) atoms. The largest absolute Gasteiger partial charge is 0.261 e. The van der Waals surface area contributed by atoms with Crippen molar-refractivity contribution >= 4 is 27.4 Å². The molecule has 3 aromatic rings. The van der Waals surface area contributed by atoms with Crippen molar-refractivity contribution in [2.24, 2.45) is 23.2 Å². The topological polar surface area (TPSA) is 51.6 Å². The zero-order chi connectivity index (χ0) is 24.8. The van der Waals surface area contributed by atoms with Gasteiger partial charge >= 0.3 is 0 Å². The normalized spacial score (nSPS) is 28.3. The number of benzene rings is 1. The summed E-state index contributed by atoms with van der Waals surface area (Å²) in [5.74, 6) is 2.89. The van der Waals surface area contributed by atoms with Gasteiger partial charge in [0, 0.05) is 44.5 Å². The van der Waals surface area contributed by atoms with Gasteiger partial charge in [-0.2, -0.15) is 0 Å². The van der Waals surface area contributed by atoms with Crippen molar-refractivity contribution in [2.75, 3.05) is 0 Å². The first kappa shape index (κ1) is 24.6. The average molecular weight is 517 g/mol. The molecule has 4 saturated carbocycles. The van der Waals surface area contributed by atoms with Gasteiger partial charge in [0.05, 0.1) is 23.3 Å². The Morgan fingerprint density at radius 3 is 1.92 bits per heavy atom. The van der Waals surface area contributed by atoms with Gasteiger partial charge in [-0.15, -0.1) is 8.58 Å². The summed E-state index contributed by atoms with van der Waals surface area (Å²) >= 11 is 0. The van der Waals surface area contributed by atoms with Crippen molar-refractivity contribution < 1.29 is 0 Å². The van der Waals surface area contributed by atoms with Crippen LogP contribution in [-0.4, -0.2) is 25.1 Å². The predicted octanol–water partition coefficient (Wildman–Crippen LogP) is 6.63. The molecule has 4 aliphatic rings. The quantitative estimate of drug-likeness (QED) is 0.331. The third-order valence-electron chi connectivity index (χ3n) is 8.62. The molecule has 2 aromatic heterocycles. The van der Waals surface area contributed by atoms with Crippen molar-refractivity contribution in [1.82, 2.24) is 19.9 Å². The maximum Gasteiger partial charge on any atom is 0.0877 e. The van der Waals surface area contributed by atoms with E-state index >= 15 is 0 Å². The van der Waals surface area contributed by atoms with Crippen molar-refractivity contribution in [2.45, 2.75) is 76.3 Å². The van der Waals surface area contributed by atoms with E-state index in [0.717, 1.165) is 43.4 Å². The van der Waals surface area contributed by atoms with Gasteiger partial charge in [0.2, 0.25) is 0 Å². The van der Waals surface area contributed by atoms with Crippen LogP contribution in [0.5, 0.6) is 0 Å². The zero-order valence-electron chi connectivity index (χ0n) is 21.8. The number of hydrogen-bond acceptors (Lipinski definition) is 4. The molecule has 2 unspecified atom stereocenters. The summed E-state index contributed by atoms with van der Waals surface area (Å²) < 4.78 is 0. The van der Waals surface area contributed by atoms with Gasteiger partial charge in [-0.05, 0) is 78.0 Å². The van der Waals surface area contributed by atoms with E-state index in [1.54, 1.807) is 18.0 Å². The summed E-state index contributed by atoms with van der Waals surface area (Å²) in [6.07, 6.45) is 20.8. The highest BCUT2D eigenvalue weighted by atomic mass is 31.1. The maximum absolute atomic E-state index is 4.74. The lowest BCUT2D eigenvalue weighted by Gasteiger charge is -2.60. The van der Waals surface area contributed by atoms with Gasteiger partial charge in [-0.1, -0.05) is 45.0 Å². The molecule has 1 aromatic carbocycles. The smallest absolute Gasteiger partial charge is 0.0877 e. The molecule has 4 fully saturated rings. The molecule has 7 rings (SSSR count). The van der Waals surface area contributed by atoms with E-state index in [-0.39, 0.29) is 0 Å². The minimum Gasteiger partial charge on any atom is -0.261 e. The van der Waals surface area contributed by atoms with Crippen LogP contribution >= 0.6 is 16.5 Å². The highest BCUT2D eigenvalue weighted by Gasteiger charge is 2.55. The minimum absolute atomic E-state index is 0.321. The molecule has 2 heterocycles. The molecular formula is C30H38N4P2. The summed E-state index contributed by atoms with van der Waals surface area (Å²) in [5, 5.41) is 0.321. The fourth-order valence-electron chi connectivity index (χ4n) is 7.80. The van der Waals surface area contributed by atoms with Crippen molar-refractivity contribution in [3.63, 3.8) is 0 Å². The Bertz CT molecular complexity index is 1100. The van der Waals surface area contributed by atoms with Crippen LogP contribution in [0.2, 0.25) is 0 Å². The average Bonchev–Trinajstić information content (AvgIpc) is 2.86. The second-order valence-electron chi connectivity index (χ2n) is 12.5. The van der Waals surface area contributed by atoms with Crippen LogP contribution < -0.4 is 10.9 Å². The molecule has 4 bridgehead atoms. The standard InChI is InChI=1S/C30H38N4P2/c1-29(2,3)35-28(30-15-21-12-22(16-30)14-23(13-21)17-30)25-7-5-4-6-24(25)20-36(26-18-31-8-10-33-26)27-19-32-9-11-34-27/h4-11,18-19,21-23,28,35H,12-17,20H2,1-3H3. The van der Waals surface area contributed by atoms with E-state index in [2.05, 4.69) is 55.0 Å². The SMILES string of the molecule is CC(C)(C)PC(c1ccccc1CP(c1cnccn1)c1cnccn1)C12CC3CC(CC(C3)C1)C2. The lowest BCUT2D eigenvalue weighted by atomic mass is 9.48. The van der Waals surface area contributed by atoms with E-state index in [0.29, 0.717) is 16.2 Å². The van der Waals surface area contributed by atoms with Crippen LogP contribution in [0.3, 0.4) is 0 Å². The second kappa shape index (κ2) is 9.85. The van der Waals surface area contributed by atoms with Crippen LogP contribution in [0.4, 0.5) is 0 Å². The zero-order valence-corrected chi connectivity index (χ0v) is 23.7. The van der Waals surface area contributed by atoms with E-state index in [1.165, 1.54) is 44.1 Å². The Balaban J connectivity index is 1.41. The summed E-state index contributed by atoms with van der Waals surface area (Å²) in [5.41, 5.74) is 6.28. The summed E-state index contributed by atoms with van der Waals surface area (Å²) in [6.45, 7) is 7.36. The molecule has 4 nitrogen and oxygen atoms in total. The van der Waals surface area contributed by atoms with Crippen LogP contribution in [-0.2, 0) is 6.16 Å². The van der Waals surface area contributed by atoms with Crippen LogP contribution in [0.15, 0.2) is 61.4 Å². The van der Waals surface area contributed by atoms with Crippen LogP contribution in [0.1, 0.15) is 76.1 Å². The van der Waals surface area contributed by atoms with Gasteiger partial charge in [-0.3, -0.25) is 19.9 Å². The monoisotopic (exact) mass is 516 g/mol. The van der Waals surface area contributed by atoms with Gasteiger partial charge in [0.1, 0.15) is 0 Å². The molecular weight excluding hydrogens is 478 g/mol. The molecule has 0 amide bonds. The fraction of sp³-hybridized carbons (Fsp3) is 0.533. The number of nitrogens with zero attached hydrogens (tertiary/aromatic N) is 4. The fourth-order valence-corrected chi connectivity index (χ4v) is 11.8. The minimum atomic E-state index is -0.779. The van der Waals surface area contributed by atoms with E-state index in [1.807, 2.05) is 24.8 Å². The first-order chi connectivity index (χ1) is 17.4. The van der Waals surface area contributed by atoms with Gasteiger partial charge in [0.15, 0.2) is 0 Å². The Labute approximate surface area is 219 Å². The van der Waals surface area contributed by atoms with Crippen molar-refractivity contribution in [3.05, 3.63) is 72.6 Å².